The van der Waals surface area contributed by atoms with Crippen molar-refractivity contribution in [3.8, 4) is 0 Å². The number of piperidine rings is 1. The summed E-state index contributed by atoms with van der Waals surface area (Å²) in [6.07, 6.45) is 3.85. The highest BCUT2D eigenvalue weighted by Crippen LogP contribution is 2.21. The Labute approximate surface area is 115 Å². The molecule has 3 heteroatoms. The molecule has 0 aromatic carbocycles. The Morgan fingerprint density at radius 3 is 2.61 bits per heavy atom. The topological polar surface area (TPSA) is 15.3 Å². The van der Waals surface area contributed by atoms with E-state index in [2.05, 4.69) is 43.2 Å². The SMILES string of the molecule is CCc1ccc(CNC(C)C2CCN(C)CC2)s1. The van der Waals surface area contributed by atoms with Gasteiger partial charge in [0, 0.05) is 22.3 Å². The van der Waals surface area contributed by atoms with E-state index in [1.54, 1.807) is 0 Å². The van der Waals surface area contributed by atoms with Gasteiger partial charge in [-0.05, 0) is 64.4 Å². The molecule has 1 saturated heterocycles. The first-order valence-electron chi connectivity index (χ1n) is 7.18. The van der Waals surface area contributed by atoms with Crippen LogP contribution in [0.5, 0.6) is 0 Å². The second kappa shape index (κ2) is 6.69. The zero-order valence-corrected chi connectivity index (χ0v) is 12.7. The Kier molecular flexibility index (Phi) is 5.22. The molecule has 1 aliphatic rings. The fraction of sp³-hybridized carbons (Fsp3) is 0.733. The number of hydrogen-bond acceptors (Lipinski definition) is 3. The van der Waals surface area contributed by atoms with Crippen molar-refractivity contribution in [2.45, 2.75) is 45.7 Å². The van der Waals surface area contributed by atoms with E-state index in [4.69, 9.17) is 0 Å². The van der Waals surface area contributed by atoms with Crippen molar-refractivity contribution in [3.05, 3.63) is 21.9 Å². The van der Waals surface area contributed by atoms with Gasteiger partial charge in [0.15, 0.2) is 0 Å². The molecular weight excluding hydrogens is 240 g/mol. The molecule has 0 aliphatic carbocycles. The van der Waals surface area contributed by atoms with Crippen LogP contribution in [0.4, 0.5) is 0 Å². The van der Waals surface area contributed by atoms with Crippen LogP contribution in [0.2, 0.25) is 0 Å². The van der Waals surface area contributed by atoms with E-state index >= 15 is 0 Å². The predicted octanol–water partition coefficient (Wildman–Crippen LogP) is 3.13. The first-order chi connectivity index (χ1) is 8.69. The molecule has 1 aromatic heterocycles. The molecule has 1 aromatic rings. The summed E-state index contributed by atoms with van der Waals surface area (Å²) < 4.78 is 0. The molecule has 0 radical (unpaired) electrons. The smallest absolute Gasteiger partial charge is 0.0302 e. The highest BCUT2D eigenvalue weighted by molar-refractivity contribution is 7.11. The lowest BCUT2D eigenvalue weighted by atomic mass is 9.90. The van der Waals surface area contributed by atoms with E-state index in [1.807, 2.05) is 11.3 Å². The molecule has 1 fully saturated rings. The van der Waals surface area contributed by atoms with Crippen LogP contribution in [0.3, 0.4) is 0 Å². The monoisotopic (exact) mass is 266 g/mol. The van der Waals surface area contributed by atoms with Crippen LogP contribution in [0.15, 0.2) is 12.1 Å². The van der Waals surface area contributed by atoms with Gasteiger partial charge < -0.3 is 10.2 Å². The first-order valence-corrected chi connectivity index (χ1v) is 8.00. The maximum absolute atomic E-state index is 3.71. The van der Waals surface area contributed by atoms with Crippen LogP contribution in [0.1, 0.15) is 36.4 Å². The normalized spacial score (nSPS) is 20.2. The molecule has 0 saturated carbocycles. The molecule has 1 atom stereocenters. The molecule has 2 rings (SSSR count). The van der Waals surface area contributed by atoms with Gasteiger partial charge in [0.25, 0.3) is 0 Å². The number of likely N-dealkylation sites (tertiary alicyclic amines) is 1. The fourth-order valence-electron chi connectivity index (χ4n) is 2.66. The summed E-state index contributed by atoms with van der Waals surface area (Å²) >= 11 is 1.95. The molecule has 0 spiro atoms. The summed E-state index contributed by atoms with van der Waals surface area (Å²) in [5, 5.41) is 3.71. The van der Waals surface area contributed by atoms with E-state index in [9.17, 15) is 0 Å². The average Bonchev–Trinajstić information content (AvgIpc) is 2.85. The van der Waals surface area contributed by atoms with E-state index in [0.717, 1.165) is 18.9 Å². The molecule has 1 N–H and O–H groups in total. The van der Waals surface area contributed by atoms with Crippen LogP contribution in [-0.2, 0) is 13.0 Å². The van der Waals surface area contributed by atoms with E-state index in [1.165, 1.54) is 35.7 Å². The van der Waals surface area contributed by atoms with Gasteiger partial charge in [0.05, 0.1) is 0 Å². The molecule has 18 heavy (non-hydrogen) atoms. The Hall–Kier alpha value is -0.380. The lowest BCUT2D eigenvalue weighted by molar-refractivity contribution is 0.189. The van der Waals surface area contributed by atoms with Crippen molar-refractivity contribution in [2.75, 3.05) is 20.1 Å². The van der Waals surface area contributed by atoms with E-state index in [0.29, 0.717) is 6.04 Å². The van der Waals surface area contributed by atoms with Crippen molar-refractivity contribution < 1.29 is 0 Å². The number of thiophene rings is 1. The second-order valence-electron chi connectivity index (χ2n) is 5.53. The van der Waals surface area contributed by atoms with Gasteiger partial charge in [0.2, 0.25) is 0 Å². The summed E-state index contributed by atoms with van der Waals surface area (Å²) in [5.74, 6) is 0.854. The summed E-state index contributed by atoms with van der Waals surface area (Å²) in [6, 6.07) is 5.19. The summed E-state index contributed by atoms with van der Waals surface area (Å²) in [6.45, 7) is 8.14. The quantitative estimate of drug-likeness (QED) is 0.881. The fourth-order valence-corrected chi connectivity index (χ4v) is 3.57. The summed E-state index contributed by atoms with van der Waals surface area (Å²) in [7, 11) is 2.23. The van der Waals surface area contributed by atoms with Gasteiger partial charge in [0.1, 0.15) is 0 Å². The zero-order valence-electron chi connectivity index (χ0n) is 11.9. The van der Waals surface area contributed by atoms with Crippen LogP contribution in [-0.4, -0.2) is 31.1 Å². The maximum atomic E-state index is 3.71. The minimum Gasteiger partial charge on any atom is -0.309 e. The number of nitrogens with one attached hydrogen (secondary N) is 1. The summed E-state index contributed by atoms with van der Waals surface area (Å²) in [4.78, 5) is 5.42. The number of rotatable bonds is 5. The molecule has 1 unspecified atom stereocenters. The minimum atomic E-state index is 0.644. The highest BCUT2D eigenvalue weighted by atomic mass is 32.1. The Balaban J connectivity index is 1.75. The first kappa shape index (κ1) is 14.0. The summed E-state index contributed by atoms with van der Waals surface area (Å²) in [5.41, 5.74) is 0. The van der Waals surface area contributed by atoms with Crippen molar-refractivity contribution in [1.82, 2.24) is 10.2 Å². The third-order valence-electron chi connectivity index (χ3n) is 4.13. The standard InChI is InChI=1S/C15H26N2S/c1-4-14-5-6-15(18-14)11-16-12(2)13-7-9-17(3)10-8-13/h5-6,12-13,16H,4,7-11H2,1-3H3. The Morgan fingerprint density at radius 1 is 1.33 bits per heavy atom. The zero-order chi connectivity index (χ0) is 13.0. The molecule has 2 nitrogen and oxygen atoms in total. The lowest BCUT2D eigenvalue weighted by Gasteiger charge is -2.33. The van der Waals surface area contributed by atoms with E-state index in [-0.39, 0.29) is 0 Å². The minimum absolute atomic E-state index is 0.644. The van der Waals surface area contributed by atoms with Gasteiger partial charge in [-0.15, -0.1) is 11.3 Å². The van der Waals surface area contributed by atoms with Crippen molar-refractivity contribution >= 4 is 11.3 Å². The maximum Gasteiger partial charge on any atom is 0.0302 e. The van der Waals surface area contributed by atoms with Crippen molar-refractivity contribution in [3.63, 3.8) is 0 Å². The molecular formula is C15H26N2S. The molecule has 0 amide bonds. The third kappa shape index (κ3) is 3.81. The number of hydrogen-bond donors (Lipinski definition) is 1. The molecule has 102 valence electrons. The van der Waals surface area contributed by atoms with Crippen LogP contribution in [0.25, 0.3) is 0 Å². The predicted molar refractivity (Wildman–Crippen MR) is 80.2 cm³/mol. The van der Waals surface area contributed by atoms with E-state index < -0.39 is 0 Å². The Morgan fingerprint density at radius 2 is 2.00 bits per heavy atom. The average molecular weight is 266 g/mol. The highest BCUT2D eigenvalue weighted by Gasteiger charge is 2.21. The van der Waals surface area contributed by atoms with Crippen LogP contribution >= 0.6 is 11.3 Å². The van der Waals surface area contributed by atoms with Gasteiger partial charge in [-0.25, -0.2) is 0 Å². The van der Waals surface area contributed by atoms with Crippen LogP contribution < -0.4 is 5.32 Å². The third-order valence-corrected chi connectivity index (χ3v) is 5.36. The van der Waals surface area contributed by atoms with Gasteiger partial charge >= 0.3 is 0 Å². The molecule has 0 bridgehead atoms. The number of aryl methyl sites for hydroxylation is 1. The van der Waals surface area contributed by atoms with Crippen LogP contribution in [0, 0.1) is 5.92 Å². The lowest BCUT2D eigenvalue weighted by Crippen LogP contribution is -2.40. The van der Waals surface area contributed by atoms with Gasteiger partial charge in [-0.2, -0.15) is 0 Å². The van der Waals surface area contributed by atoms with Gasteiger partial charge in [-0.3, -0.25) is 0 Å². The van der Waals surface area contributed by atoms with Crippen molar-refractivity contribution in [1.29, 1.82) is 0 Å². The van der Waals surface area contributed by atoms with Gasteiger partial charge in [-0.1, -0.05) is 6.92 Å². The number of nitrogens with zero attached hydrogens (tertiary/aromatic N) is 1. The second-order valence-corrected chi connectivity index (χ2v) is 6.78. The Bertz CT molecular complexity index is 353. The van der Waals surface area contributed by atoms with Crippen molar-refractivity contribution in [2.24, 2.45) is 5.92 Å². The molecule has 2 heterocycles. The molecule has 1 aliphatic heterocycles. The largest absolute Gasteiger partial charge is 0.309 e.